The van der Waals surface area contributed by atoms with Crippen molar-refractivity contribution in [2.45, 2.75) is 31.8 Å². The van der Waals surface area contributed by atoms with Crippen LogP contribution in [0.1, 0.15) is 35.4 Å². The first-order valence-corrected chi connectivity index (χ1v) is 8.77. The number of carboxylic acid groups (broad SMARTS) is 1. The zero-order valence-electron chi connectivity index (χ0n) is 14.5. The van der Waals surface area contributed by atoms with Crippen molar-refractivity contribution in [1.82, 2.24) is 14.9 Å². The normalized spacial score (nSPS) is 23.0. The number of aryl methyl sites for hydroxylation is 1. The summed E-state index contributed by atoms with van der Waals surface area (Å²) in [6.45, 7) is 0.298. The van der Waals surface area contributed by atoms with Gasteiger partial charge in [-0.1, -0.05) is 30.3 Å². The Balaban J connectivity index is 1.72. The summed E-state index contributed by atoms with van der Waals surface area (Å²) >= 11 is 0. The highest BCUT2D eigenvalue weighted by Crippen LogP contribution is 2.36. The lowest BCUT2D eigenvalue weighted by Gasteiger charge is -2.43. The Labute approximate surface area is 151 Å². The molecule has 2 heterocycles. The van der Waals surface area contributed by atoms with E-state index in [4.69, 9.17) is 0 Å². The Morgan fingerprint density at radius 2 is 2.08 bits per heavy atom. The second-order valence-corrected chi connectivity index (χ2v) is 6.77. The molecule has 0 radical (unpaired) electrons. The number of hydrogen-bond donors (Lipinski definition) is 3. The molecule has 2 atom stereocenters. The molecule has 7 heteroatoms. The Bertz CT molecular complexity index is 747. The van der Waals surface area contributed by atoms with Crippen LogP contribution in [-0.2, 0) is 11.2 Å². The number of hydrogen-bond acceptors (Lipinski definition) is 4. The van der Waals surface area contributed by atoms with E-state index in [1.54, 1.807) is 6.20 Å². The molecule has 3 rings (SSSR count). The molecule has 7 nitrogen and oxygen atoms in total. The minimum absolute atomic E-state index is 0.0160. The van der Waals surface area contributed by atoms with Crippen LogP contribution >= 0.6 is 0 Å². The molecule has 3 N–H and O–H groups in total. The number of likely N-dealkylation sites (tertiary alicyclic amines) is 1. The number of carboxylic acids is 1. The maximum atomic E-state index is 12.5. The SMILES string of the molecule is O=C(c1ncc[nH]1)N1CC[C@H](O)[C@](CCCc2ccccc2)(C(=O)O)C1. The molecule has 1 saturated heterocycles. The number of carbonyl (C=O) groups excluding carboxylic acids is 1. The predicted molar refractivity (Wildman–Crippen MR) is 94.6 cm³/mol. The highest BCUT2D eigenvalue weighted by molar-refractivity contribution is 5.91. The number of aromatic nitrogens is 2. The molecule has 1 aromatic carbocycles. The number of aliphatic hydroxyl groups is 1. The molecule has 0 bridgehead atoms. The van der Waals surface area contributed by atoms with Crippen LogP contribution in [0.25, 0.3) is 0 Å². The minimum Gasteiger partial charge on any atom is -0.481 e. The summed E-state index contributed by atoms with van der Waals surface area (Å²) < 4.78 is 0. The first-order chi connectivity index (χ1) is 12.5. The summed E-state index contributed by atoms with van der Waals surface area (Å²) in [7, 11) is 0. The van der Waals surface area contributed by atoms with E-state index in [0.29, 0.717) is 19.4 Å². The third-order valence-corrected chi connectivity index (χ3v) is 5.13. The van der Waals surface area contributed by atoms with Crippen LogP contribution in [0.15, 0.2) is 42.7 Å². The predicted octanol–water partition coefficient (Wildman–Crippen LogP) is 1.71. The van der Waals surface area contributed by atoms with Crippen molar-refractivity contribution in [3.63, 3.8) is 0 Å². The van der Waals surface area contributed by atoms with Gasteiger partial charge in [0.15, 0.2) is 5.82 Å². The van der Waals surface area contributed by atoms with E-state index in [2.05, 4.69) is 9.97 Å². The molecule has 1 aliphatic rings. The molecular weight excluding hydrogens is 334 g/mol. The standard InChI is InChI=1S/C19H23N3O4/c23-15-8-12-22(17(24)16-20-10-11-21-16)13-19(15,18(25)26)9-4-7-14-5-2-1-3-6-14/h1-3,5-6,10-11,15,23H,4,7-9,12-13H2,(H,20,21)(H,25,26)/t15-,19+/m0/s1. The summed E-state index contributed by atoms with van der Waals surface area (Å²) in [4.78, 5) is 32.8. The van der Waals surface area contributed by atoms with Gasteiger partial charge in [0.2, 0.25) is 0 Å². The number of imidazole rings is 1. The summed E-state index contributed by atoms with van der Waals surface area (Å²) in [6, 6.07) is 9.82. The molecular formula is C19H23N3O4. The quantitative estimate of drug-likeness (QED) is 0.730. The molecule has 0 aliphatic carbocycles. The molecule has 0 saturated carbocycles. The number of rotatable bonds is 6. The number of aliphatic hydroxyl groups excluding tert-OH is 1. The highest BCUT2D eigenvalue weighted by atomic mass is 16.4. The van der Waals surface area contributed by atoms with Crippen molar-refractivity contribution in [2.24, 2.45) is 5.41 Å². The monoisotopic (exact) mass is 357 g/mol. The first kappa shape index (κ1) is 18.1. The third-order valence-electron chi connectivity index (χ3n) is 5.13. The van der Waals surface area contributed by atoms with Gasteiger partial charge in [0.05, 0.1) is 6.10 Å². The average Bonchev–Trinajstić information content (AvgIpc) is 3.18. The van der Waals surface area contributed by atoms with E-state index in [0.717, 1.165) is 12.0 Å². The summed E-state index contributed by atoms with van der Waals surface area (Å²) in [5.74, 6) is -1.21. The van der Waals surface area contributed by atoms with Gasteiger partial charge >= 0.3 is 5.97 Å². The number of nitrogens with zero attached hydrogens (tertiary/aromatic N) is 2. The van der Waals surface area contributed by atoms with Crippen LogP contribution in [0, 0.1) is 5.41 Å². The molecule has 0 spiro atoms. The van der Waals surface area contributed by atoms with Gasteiger partial charge in [0.25, 0.3) is 5.91 Å². The Kier molecular flexibility index (Phi) is 5.37. The molecule has 1 fully saturated rings. The topological polar surface area (TPSA) is 107 Å². The summed E-state index contributed by atoms with van der Waals surface area (Å²) in [5, 5.41) is 20.3. The number of aliphatic carboxylic acids is 1. The van der Waals surface area contributed by atoms with Crippen LogP contribution in [0.3, 0.4) is 0 Å². The first-order valence-electron chi connectivity index (χ1n) is 8.77. The summed E-state index contributed by atoms with van der Waals surface area (Å²) in [5.41, 5.74) is -0.225. The average molecular weight is 357 g/mol. The van der Waals surface area contributed by atoms with Crippen LogP contribution in [0.4, 0.5) is 0 Å². The molecule has 2 aromatic rings. The maximum Gasteiger partial charge on any atom is 0.314 e. The van der Waals surface area contributed by atoms with Gasteiger partial charge in [-0.25, -0.2) is 4.98 Å². The molecule has 26 heavy (non-hydrogen) atoms. The second kappa shape index (κ2) is 7.70. The van der Waals surface area contributed by atoms with Crippen molar-refractivity contribution in [3.05, 3.63) is 54.1 Å². The molecule has 0 unspecified atom stereocenters. The smallest absolute Gasteiger partial charge is 0.314 e. The lowest BCUT2D eigenvalue weighted by Crippen LogP contribution is -2.57. The van der Waals surface area contributed by atoms with Gasteiger partial charge in [-0.15, -0.1) is 0 Å². The fraction of sp³-hybridized carbons (Fsp3) is 0.421. The van der Waals surface area contributed by atoms with Gasteiger partial charge in [-0.05, 0) is 31.2 Å². The van der Waals surface area contributed by atoms with Gasteiger partial charge in [0, 0.05) is 25.5 Å². The number of H-pyrrole nitrogens is 1. The number of piperidine rings is 1. The van der Waals surface area contributed by atoms with Crippen molar-refractivity contribution in [2.75, 3.05) is 13.1 Å². The summed E-state index contributed by atoms with van der Waals surface area (Å²) in [6.07, 6.45) is 3.96. The second-order valence-electron chi connectivity index (χ2n) is 6.77. The highest BCUT2D eigenvalue weighted by Gasteiger charge is 2.49. The number of nitrogens with one attached hydrogen (secondary N) is 1. The largest absolute Gasteiger partial charge is 0.481 e. The lowest BCUT2D eigenvalue weighted by molar-refractivity contribution is -0.162. The van der Waals surface area contributed by atoms with Gasteiger partial charge in [0.1, 0.15) is 5.41 Å². The van der Waals surface area contributed by atoms with Gasteiger partial charge in [-0.3, -0.25) is 9.59 Å². The maximum absolute atomic E-state index is 12.5. The number of carbonyl (C=O) groups is 2. The van der Waals surface area contributed by atoms with E-state index in [1.165, 1.54) is 11.1 Å². The van der Waals surface area contributed by atoms with E-state index >= 15 is 0 Å². The Morgan fingerprint density at radius 3 is 2.73 bits per heavy atom. The van der Waals surface area contributed by atoms with Crippen LogP contribution in [-0.4, -0.2) is 56.2 Å². The lowest BCUT2D eigenvalue weighted by atomic mass is 9.73. The van der Waals surface area contributed by atoms with E-state index in [9.17, 15) is 19.8 Å². The van der Waals surface area contributed by atoms with Crippen molar-refractivity contribution < 1.29 is 19.8 Å². The van der Waals surface area contributed by atoms with Crippen molar-refractivity contribution >= 4 is 11.9 Å². The third kappa shape index (κ3) is 3.62. The number of benzene rings is 1. The number of aromatic amines is 1. The zero-order chi connectivity index (χ0) is 18.6. The van der Waals surface area contributed by atoms with Crippen LogP contribution < -0.4 is 0 Å². The molecule has 1 amide bonds. The van der Waals surface area contributed by atoms with E-state index < -0.39 is 17.5 Å². The number of amides is 1. The van der Waals surface area contributed by atoms with Crippen LogP contribution in [0.5, 0.6) is 0 Å². The van der Waals surface area contributed by atoms with E-state index in [1.807, 2.05) is 30.3 Å². The van der Waals surface area contributed by atoms with Crippen LogP contribution in [0.2, 0.25) is 0 Å². The van der Waals surface area contributed by atoms with Crippen molar-refractivity contribution in [3.8, 4) is 0 Å². The Hall–Kier alpha value is -2.67. The fourth-order valence-corrected chi connectivity index (χ4v) is 3.60. The molecule has 138 valence electrons. The fourth-order valence-electron chi connectivity index (χ4n) is 3.60. The minimum atomic E-state index is -1.35. The Morgan fingerprint density at radius 1 is 1.31 bits per heavy atom. The van der Waals surface area contributed by atoms with Gasteiger partial charge < -0.3 is 20.1 Å². The zero-order valence-corrected chi connectivity index (χ0v) is 14.5. The van der Waals surface area contributed by atoms with E-state index in [-0.39, 0.29) is 24.7 Å². The molecule has 1 aliphatic heterocycles. The van der Waals surface area contributed by atoms with Crippen molar-refractivity contribution in [1.29, 1.82) is 0 Å². The van der Waals surface area contributed by atoms with Gasteiger partial charge in [-0.2, -0.15) is 0 Å². The molecule has 1 aromatic heterocycles.